The molecule has 0 aliphatic rings. The number of hydrogen-bond donors (Lipinski definition) is 3. The number of aliphatic imine (C=N–C) groups is 1. The number of aryl methyl sites for hydroxylation is 1. The van der Waals surface area contributed by atoms with Gasteiger partial charge in [-0.25, -0.2) is 0 Å². The molecular formula is C23H30N4O3. The van der Waals surface area contributed by atoms with Crippen LogP contribution in [0.2, 0.25) is 0 Å². The first kappa shape index (κ1) is 21.4. The molecule has 1 heterocycles. The second-order valence-corrected chi connectivity index (χ2v) is 6.80. The van der Waals surface area contributed by atoms with Gasteiger partial charge in [0.1, 0.15) is 0 Å². The van der Waals surface area contributed by atoms with Crippen molar-refractivity contribution in [3.05, 3.63) is 47.7 Å². The maximum absolute atomic E-state index is 5.42. The van der Waals surface area contributed by atoms with E-state index in [1.165, 1.54) is 22.0 Å². The van der Waals surface area contributed by atoms with E-state index < -0.39 is 0 Å². The van der Waals surface area contributed by atoms with Gasteiger partial charge in [-0.1, -0.05) is 25.1 Å². The number of methoxy groups -OCH3 is 3. The molecule has 7 nitrogen and oxygen atoms in total. The number of nitrogens with one attached hydrogen (secondary N) is 3. The molecule has 3 rings (SSSR count). The summed E-state index contributed by atoms with van der Waals surface area (Å²) in [5.41, 5.74) is 4.65. The zero-order chi connectivity index (χ0) is 21.5. The molecule has 0 radical (unpaired) electrons. The third-order valence-electron chi connectivity index (χ3n) is 5.11. The van der Waals surface area contributed by atoms with Gasteiger partial charge in [-0.3, -0.25) is 4.99 Å². The second-order valence-electron chi connectivity index (χ2n) is 6.80. The lowest BCUT2D eigenvalue weighted by Crippen LogP contribution is -2.32. The first-order chi connectivity index (χ1) is 14.6. The molecule has 0 amide bonds. The molecule has 0 spiro atoms. The molecule has 0 saturated carbocycles. The molecule has 3 aromatic rings. The van der Waals surface area contributed by atoms with E-state index >= 15 is 0 Å². The number of guanidine groups is 1. The molecule has 7 heteroatoms. The van der Waals surface area contributed by atoms with Crippen LogP contribution >= 0.6 is 0 Å². The average molecular weight is 411 g/mol. The van der Waals surface area contributed by atoms with Crippen LogP contribution < -0.4 is 24.8 Å². The summed E-state index contributed by atoms with van der Waals surface area (Å²) in [6.45, 7) is 2.92. The number of benzene rings is 2. The smallest absolute Gasteiger partial charge is 0.203 e. The average Bonchev–Trinajstić information content (AvgIpc) is 3.20. The molecule has 1 aromatic heterocycles. The first-order valence-electron chi connectivity index (χ1n) is 10.0. The lowest BCUT2D eigenvalue weighted by Gasteiger charge is -2.16. The van der Waals surface area contributed by atoms with E-state index in [-0.39, 0.29) is 0 Å². The highest BCUT2D eigenvalue weighted by Gasteiger charge is 2.14. The van der Waals surface area contributed by atoms with Gasteiger partial charge in [0.05, 0.1) is 21.3 Å². The van der Waals surface area contributed by atoms with Gasteiger partial charge in [0.15, 0.2) is 17.5 Å². The summed E-state index contributed by atoms with van der Waals surface area (Å²) in [5.74, 6) is 2.39. The molecular weight excluding hydrogens is 380 g/mol. The molecule has 160 valence electrons. The Morgan fingerprint density at radius 2 is 1.77 bits per heavy atom. The van der Waals surface area contributed by atoms with Gasteiger partial charge in [0.25, 0.3) is 0 Å². The largest absolute Gasteiger partial charge is 0.493 e. The van der Waals surface area contributed by atoms with Crippen molar-refractivity contribution < 1.29 is 14.2 Å². The number of aromatic nitrogens is 1. The standard InChI is InChI=1S/C23H30N4O3/c1-6-15-8-7-9-18-16(14-26-21(15)18)10-11-25-23(24-2)27-17-12-19(28-3)22(30-5)20(13-17)29-4/h7-9,12-14,26H,6,10-11H2,1-5H3,(H2,24,25,27). The van der Waals surface area contributed by atoms with Gasteiger partial charge in [-0.05, 0) is 24.0 Å². The Kier molecular flexibility index (Phi) is 7.06. The predicted octanol–water partition coefficient (Wildman–Crippen LogP) is 3.99. The van der Waals surface area contributed by atoms with Gasteiger partial charge in [0.2, 0.25) is 5.75 Å². The van der Waals surface area contributed by atoms with Gasteiger partial charge in [-0.15, -0.1) is 0 Å². The third kappa shape index (κ3) is 4.45. The Bertz CT molecular complexity index is 1000. The first-order valence-corrected chi connectivity index (χ1v) is 10.0. The number of hydrogen-bond acceptors (Lipinski definition) is 4. The zero-order valence-corrected chi connectivity index (χ0v) is 18.3. The highest BCUT2D eigenvalue weighted by molar-refractivity contribution is 5.94. The Hall–Kier alpha value is -3.35. The van der Waals surface area contributed by atoms with Crippen LogP contribution in [0.1, 0.15) is 18.1 Å². The highest BCUT2D eigenvalue weighted by atomic mass is 16.5. The van der Waals surface area contributed by atoms with Gasteiger partial charge < -0.3 is 29.8 Å². The number of rotatable bonds is 8. The van der Waals surface area contributed by atoms with Crippen molar-refractivity contribution in [3.8, 4) is 17.2 Å². The fourth-order valence-electron chi connectivity index (χ4n) is 3.56. The minimum Gasteiger partial charge on any atom is -0.493 e. The number of anilines is 1. The zero-order valence-electron chi connectivity index (χ0n) is 18.3. The van der Waals surface area contributed by atoms with Crippen LogP contribution in [0.25, 0.3) is 10.9 Å². The monoisotopic (exact) mass is 410 g/mol. The fourth-order valence-corrected chi connectivity index (χ4v) is 3.56. The van der Waals surface area contributed by atoms with Crippen LogP contribution in [0, 0.1) is 0 Å². The van der Waals surface area contributed by atoms with Crippen LogP contribution in [0.3, 0.4) is 0 Å². The van der Waals surface area contributed by atoms with Crippen LogP contribution in [-0.4, -0.2) is 45.9 Å². The number of para-hydroxylation sites is 1. The van der Waals surface area contributed by atoms with E-state index in [2.05, 4.69) is 51.9 Å². The van der Waals surface area contributed by atoms with E-state index in [0.717, 1.165) is 25.1 Å². The van der Waals surface area contributed by atoms with Gasteiger partial charge in [-0.2, -0.15) is 0 Å². The third-order valence-corrected chi connectivity index (χ3v) is 5.11. The molecule has 2 aromatic carbocycles. The summed E-state index contributed by atoms with van der Waals surface area (Å²) in [5, 5.41) is 7.93. The predicted molar refractivity (Wildman–Crippen MR) is 122 cm³/mol. The molecule has 0 atom stereocenters. The Balaban J connectivity index is 1.67. The molecule has 0 fully saturated rings. The summed E-state index contributed by atoms with van der Waals surface area (Å²) >= 11 is 0. The fraction of sp³-hybridized carbons (Fsp3) is 0.348. The number of H-pyrrole nitrogens is 1. The summed E-state index contributed by atoms with van der Waals surface area (Å²) in [7, 11) is 6.52. The van der Waals surface area contributed by atoms with Crippen molar-refractivity contribution in [1.29, 1.82) is 0 Å². The van der Waals surface area contributed by atoms with Crippen LogP contribution in [0.15, 0.2) is 41.5 Å². The second kappa shape index (κ2) is 9.91. The molecule has 0 unspecified atom stereocenters. The van der Waals surface area contributed by atoms with E-state index in [1.807, 2.05) is 12.1 Å². The van der Waals surface area contributed by atoms with Crippen LogP contribution in [0.5, 0.6) is 17.2 Å². The molecule has 0 aliphatic heterocycles. The maximum Gasteiger partial charge on any atom is 0.203 e. The molecule has 0 bridgehead atoms. The summed E-state index contributed by atoms with van der Waals surface area (Å²) < 4.78 is 16.2. The van der Waals surface area contributed by atoms with E-state index in [1.54, 1.807) is 28.4 Å². The molecule has 3 N–H and O–H groups in total. The highest BCUT2D eigenvalue weighted by Crippen LogP contribution is 2.39. The van der Waals surface area contributed by atoms with E-state index in [0.29, 0.717) is 23.2 Å². The molecule has 30 heavy (non-hydrogen) atoms. The van der Waals surface area contributed by atoms with Gasteiger partial charge >= 0.3 is 0 Å². The normalized spacial score (nSPS) is 11.4. The summed E-state index contributed by atoms with van der Waals surface area (Å²) in [6.07, 6.45) is 3.99. The van der Waals surface area contributed by atoms with Crippen LogP contribution in [0.4, 0.5) is 5.69 Å². The lowest BCUT2D eigenvalue weighted by molar-refractivity contribution is 0.324. The minimum absolute atomic E-state index is 0.555. The van der Waals surface area contributed by atoms with Crippen LogP contribution in [-0.2, 0) is 12.8 Å². The quantitative estimate of drug-likeness (QED) is 0.387. The Labute approximate surface area is 177 Å². The number of fused-ring (bicyclic) bond motifs is 1. The Morgan fingerprint density at radius 3 is 2.37 bits per heavy atom. The van der Waals surface area contributed by atoms with Crippen molar-refractivity contribution in [2.24, 2.45) is 4.99 Å². The summed E-state index contributed by atoms with van der Waals surface area (Å²) in [6, 6.07) is 10.2. The van der Waals surface area contributed by atoms with Crippen molar-refractivity contribution in [2.45, 2.75) is 19.8 Å². The minimum atomic E-state index is 0.555. The topological polar surface area (TPSA) is 79.9 Å². The van der Waals surface area contributed by atoms with Crippen molar-refractivity contribution >= 4 is 22.5 Å². The maximum atomic E-state index is 5.42. The summed E-state index contributed by atoms with van der Waals surface area (Å²) in [4.78, 5) is 7.74. The number of aromatic amines is 1. The van der Waals surface area contributed by atoms with Crippen molar-refractivity contribution in [3.63, 3.8) is 0 Å². The van der Waals surface area contributed by atoms with Crippen molar-refractivity contribution in [1.82, 2.24) is 10.3 Å². The molecule has 0 aliphatic carbocycles. The Morgan fingerprint density at radius 1 is 1.03 bits per heavy atom. The number of ether oxygens (including phenoxy) is 3. The van der Waals surface area contributed by atoms with E-state index in [9.17, 15) is 0 Å². The van der Waals surface area contributed by atoms with Gasteiger partial charge in [0, 0.05) is 48.5 Å². The van der Waals surface area contributed by atoms with E-state index in [4.69, 9.17) is 14.2 Å². The SMILES string of the molecule is CCc1cccc2c(CCNC(=NC)Nc3cc(OC)c(OC)c(OC)c3)c[nH]c12. The molecule has 0 saturated heterocycles. The lowest BCUT2D eigenvalue weighted by atomic mass is 10.1. The number of nitrogens with zero attached hydrogens (tertiary/aromatic N) is 1. The van der Waals surface area contributed by atoms with Crippen molar-refractivity contribution in [2.75, 3.05) is 40.2 Å².